The number of fused-ring (bicyclic) bond motifs is 2. The van der Waals surface area contributed by atoms with Gasteiger partial charge in [-0.05, 0) is 38.5 Å². The number of Topliss-reactive ketones (excluding diaryl/α,β-unsaturated/α-hetero) is 1. The smallest absolute Gasteiger partial charge is 0.152 e. The first-order valence-electron chi connectivity index (χ1n) is 6.72. The molecule has 3 atom stereocenters. The van der Waals surface area contributed by atoms with Crippen LogP contribution in [-0.4, -0.2) is 5.78 Å². The normalized spacial score (nSPS) is 40.5. The van der Waals surface area contributed by atoms with Crippen LogP contribution in [0, 0.1) is 22.7 Å². The minimum Gasteiger partial charge on any atom is -0.298 e. The summed E-state index contributed by atoms with van der Waals surface area (Å²) in [5.41, 5.74) is 0.767. The van der Waals surface area contributed by atoms with Crippen LogP contribution in [0.4, 0.5) is 0 Å². The molecule has 2 rings (SSSR count). The highest BCUT2D eigenvalue weighted by atomic mass is 16.1. The molecule has 3 unspecified atom stereocenters. The Morgan fingerprint density at radius 3 is 2.65 bits per heavy atom. The maximum absolute atomic E-state index is 12.9. The summed E-state index contributed by atoms with van der Waals surface area (Å²) in [7, 11) is 0. The van der Waals surface area contributed by atoms with Crippen molar-refractivity contribution < 1.29 is 4.79 Å². The monoisotopic (exact) mass is 232 g/mol. The van der Waals surface area contributed by atoms with Crippen LogP contribution in [0.25, 0.3) is 0 Å². The Bertz CT molecular complexity index is 400. The molecule has 0 saturated heterocycles. The molecule has 1 nitrogen and oxygen atoms in total. The van der Waals surface area contributed by atoms with Gasteiger partial charge in [-0.25, -0.2) is 0 Å². The molecule has 17 heavy (non-hydrogen) atoms. The quantitative estimate of drug-likeness (QED) is 0.621. The van der Waals surface area contributed by atoms with E-state index in [-0.39, 0.29) is 10.8 Å². The topological polar surface area (TPSA) is 17.1 Å². The van der Waals surface area contributed by atoms with Crippen molar-refractivity contribution in [2.45, 2.75) is 47.5 Å². The van der Waals surface area contributed by atoms with Gasteiger partial charge in [-0.2, -0.15) is 0 Å². The van der Waals surface area contributed by atoms with Gasteiger partial charge >= 0.3 is 0 Å². The predicted molar refractivity (Wildman–Crippen MR) is 71.7 cm³/mol. The van der Waals surface area contributed by atoms with Crippen molar-refractivity contribution in [1.29, 1.82) is 0 Å². The summed E-state index contributed by atoms with van der Waals surface area (Å²) >= 11 is 0. The Morgan fingerprint density at radius 2 is 2.06 bits per heavy atom. The molecule has 2 aliphatic carbocycles. The highest BCUT2D eigenvalue weighted by molar-refractivity contribution is 5.95. The summed E-state index contributed by atoms with van der Waals surface area (Å²) in [6, 6.07) is 0. The van der Waals surface area contributed by atoms with E-state index in [1.807, 2.05) is 13.0 Å². The van der Waals surface area contributed by atoms with Crippen molar-refractivity contribution in [2.75, 3.05) is 0 Å². The van der Waals surface area contributed by atoms with Gasteiger partial charge in [0.15, 0.2) is 5.78 Å². The molecule has 0 aromatic rings. The zero-order valence-corrected chi connectivity index (χ0v) is 11.7. The average Bonchev–Trinajstić information content (AvgIpc) is 2.29. The molecule has 0 aromatic heterocycles. The molecule has 2 aliphatic rings. The van der Waals surface area contributed by atoms with E-state index >= 15 is 0 Å². The van der Waals surface area contributed by atoms with Crippen molar-refractivity contribution >= 4 is 5.78 Å². The van der Waals surface area contributed by atoms with E-state index in [1.54, 1.807) is 0 Å². The highest BCUT2D eigenvalue weighted by Gasteiger charge is 2.55. The van der Waals surface area contributed by atoms with Crippen LogP contribution < -0.4 is 0 Å². The molecule has 0 radical (unpaired) electrons. The van der Waals surface area contributed by atoms with Gasteiger partial charge in [-0.1, -0.05) is 44.6 Å². The van der Waals surface area contributed by atoms with E-state index in [4.69, 9.17) is 0 Å². The number of rotatable bonds is 1. The Morgan fingerprint density at radius 1 is 1.41 bits per heavy atom. The lowest BCUT2D eigenvalue weighted by atomic mass is 9.50. The fraction of sp³-hybridized carbons (Fsp3) is 0.688. The van der Waals surface area contributed by atoms with Crippen molar-refractivity contribution in [2.24, 2.45) is 22.7 Å². The third-order valence-corrected chi connectivity index (χ3v) is 5.30. The molecule has 94 valence electrons. The SMILES string of the molecule is CC=CC12CC(CC=C1C)C(C)C(C)(C)C2=O. The van der Waals surface area contributed by atoms with Crippen molar-refractivity contribution in [1.82, 2.24) is 0 Å². The van der Waals surface area contributed by atoms with Crippen LogP contribution in [0.2, 0.25) is 0 Å². The second-order valence-electron chi connectivity index (χ2n) is 6.40. The van der Waals surface area contributed by atoms with Gasteiger partial charge in [0, 0.05) is 5.41 Å². The van der Waals surface area contributed by atoms with Gasteiger partial charge in [0.25, 0.3) is 0 Å². The van der Waals surface area contributed by atoms with Crippen molar-refractivity contribution in [3.05, 3.63) is 23.8 Å². The summed E-state index contributed by atoms with van der Waals surface area (Å²) in [5, 5.41) is 0. The zero-order chi connectivity index (χ0) is 12.8. The summed E-state index contributed by atoms with van der Waals surface area (Å²) in [6.45, 7) is 10.6. The fourth-order valence-electron chi connectivity index (χ4n) is 3.75. The summed E-state index contributed by atoms with van der Waals surface area (Å²) in [6.07, 6.45) is 8.63. The van der Waals surface area contributed by atoms with Crippen molar-refractivity contribution in [3.8, 4) is 0 Å². The van der Waals surface area contributed by atoms with Gasteiger partial charge < -0.3 is 0 Å². The Balaban J connectivity index is 2.58. The van der Waals surface area contributed by atoms with Gasteiger partial charge in [-0.3, -0.25) is 4.79 Å². The van der Waals surface area contributed by atoms with Gasteiger partial charge in [0.1, 0.15) is 0 Å². The van der Waals surface area contributed by atoms with Gasteiger partial charge in [-0.15, -0.1) is 0 Å². The minimum atomic E-state index is -0.298. The van der Waals surface area contributed by atoms with Crippen LogP contribution in [0.15, 0.2) is 23.8 Å². The number of hydrogen-bond acceptors (Lipinski definition) is 1. The average molecular weight is 232 g/mol. The molecule has 0 spiro atoms. The summed E-state index contributed by atoms with van der Waals surface area (Å²) in [4.78, 5) is 12.9. The lowest BCUT2D eigenvalue weighted by Crippen LogP contribution is -2.53. The molecule has 0 aromatic carbocycles. The fourth-order valence-corrected chi connectivity index (χ4v) is 3.75. The van der Waals surface area contributed by atoms with Crippen LogP contribution in [0.5, 0.6) is 0 Å². The third-order valence-electron chi connectivity index (χ3n) is 5.30. The predicted octanol–water partition coefficient (Wildman–Crippen LogP) is 4.15. The largest absolute Gasteiger partial charge is 0.298 e. The van der Waals surface area contributed by atoms with Crippen LogP contribution >= 0.6 is 0 Å². The number of ketones is 1. The van der Waals surface area contributed by atoms with Crippen LogP contribution in [0.3, 0.4) is 0 Å². The number of carbonyl (C=O) groups is 1. The van der Waals surface area contributed by atoms with E-state index in [9.17, 15) is 4.79 Å². The Kier molecular flexibility index (Phi) is 2.84. The molecular weight excluding hydrogens is 208 g/mol. The van der Waals surface area contributed by atoms with Crippen LogP contribution in [-0.2, 0) is 4.79 Å². The van der Waals surface area contributed by atoms with Gasteiger partial charge in [0.2, 0.25) is 0 Å². The lowest BCUT2D eigenvalue weighted by molar-refractivity contribution is -0.144. The van der Waals surface area contributed by atoms with E-state index in [0.29, 0.717) is 17.6 Å². The van der Waals surface area contributed by atoms with Crippen molar-refractivity contribution in [3.63, 3.8) is 0 Å². The van der Waals surface area contributed by atoms with E-state index in [2.05, 4.69) is 39.8 Å². The number of allylic oxidation sites excluding steroid dienone is 4. The molecule has 0 heterocycles. The molecule has 1 heteroatoms. The standard InChI is InChI=1S/C16H24O/c1-6-9-16-10-13(8-7-11(16)2)12(3)15(4,5)14(16)17/h6-7,9,12-13H,8,10H2,1-5H3. The second kappa shape index (κ2) is 3.83. The molecule has 0 aliphatic heterocycles. The maximum Gasteiger partial charge on any atom is 0.152 e. The molecule has 0 amide bonds. The molecule has 2 bridgehead atoms. The first-order chi connectivity index (χ1) is 7.86. The Hall–Kier alpha value is -0.850. The molecule has 1 saturated carbocycles. The number of hydrogen-bond donors (Lipinski definition) is 0. The Labute approximate surface area is 105 Å². The summed E-state index contributed by atoms with van der Waals surface area (Å²) in [5.74, 6) is 1.56. The highest BCUT2D eigenvalue weighted by Crippen LogP contribution is 2.56. The minimum absolute atomic E-state index is 0.196. The van der Waals surface area contributed by atoms with E-state index in [0.717, 1.165) is 12.8 Å². The zero-order valence-electron chi connectivity index (χ0n) is 11.7. The lowest BCUT2D eigenvalue weighted by Gasteiger charge is -2.52. The van der Waals surface area contributed by atoms with Gasteiger partial charge in [0.05, 0.1) is 5.41 Å². The summed E-state index contributed by atoms with van der Waals surface area (Å²) < 4.78 is 0. The van der Waals surface area contributed by atoms with Crippen LogP contribution in [0.1, 0.15) is 47.5 Å². The van der Waals surface area contributed by atoms with E-state index < -0.39 is 0 Å². The third kappa shape index (κ3) is 1.55. The molecule has 1 fully saturated rings. The first-order valence-corrected chi connectivity index (χ1v) is 6.72. The molecular formula is C16H24O. The molecule has 0 N–H and O–H groups in total. The second-order valence-corrected chi connectivity index (χ2v) is 6.40. The number of carbonyl (C=O) groups excluding carboxylic acids is 1. The maximum atomic E-state index is 12.9. The van der Waals surface area contributed by atoms with E-state index in [1.165, 1.54) is 5.57 Å². The first kappa shape index (κ1) is 12.6.